The number of nitrogens with zero attached hydrogens (tertiary/aromatic N) is 2. The fourth-order valence-electron chi connectivity index (χ4n) is 2.69. The second kappa shape index (κ2) is 7.80. The lowest BCUT2D eigenvalue weighted by Gasteiger charge is -2.08. The molecule has 0 aliphatic carbocycles. The van der Waals surface area contributed by atoms with E-state index < -0.39 is 6.03 Å². The number of carbonyl (C=O) groups is 2. The highest BCUT2D eigenvalue weighted by atomic mass is 16.5. The summed E-state index contributed by atoms with van der Waals surface area (Å²) in [4.78, 5) is 23.0. The minimum atomic E-state index is -0.582. The van der Waals surface area contributed by atoms with Crippen LogP contribution in [0.3, 0.4) is 0 Å². The van der Waals surface area contributed by atoms with Gasteiger partial charge in [-0.15, -0.1) is 0 Å². The molecule has 3 rings (SSSR count). The molecule has 0 bridgehead atoms. The highest BCUT2D eigenvalue weighted by Crippen LogP contribution is 2.15. The van der Waals surface area contributed by atoms with Crippen LogP contribution in [0.25, 0.3) is 0 Å². The van der Waals surface area contributed by atoms with Crippen LogP contribution in [0.4, 0.5) is 10.5 Å². The number of hydrogen-bond donors (Lipinski definition) is 3. The van der Waals surface area contributed by atoms with Crippen LogP contribution in [0.5, 0.6) is 0 Å². The van der Waals surface area contributed by atoms with E-state index in [9.17, 15) is 9.59 Å². The summed E-state index contributed by atoms with van der Waals surface area (Å²) in [5.41, 5.74) is 7.05. The Kier molecular flexibility index (Phi) is 5.30. The van der Waals surface area contributed by atoms with Gasteiger partial charge in [0.2, 0.25) is 0 Å². The predicted octanol–water partition coefficient (Wildman–Crippen LogP) is 1.48. The lowest BCUT2D eigenvalue weighted by Crippen LogP contribution is -2.28. The Hall–Kier alpha value is -2.87. The Bertz CT molecular complexity index is 735. The maximum Gasteiger partial charge on any atom is 0.312 e. The fraction of sp³-hybridized carbons (Fsp3) is 0.353. The van der Waals surface area contributed by atoms with Gasteiger partial charge in [0, 0.05) is 24.9 Å². The fourth-order valence-corrected chi connectivity index (χ4v) is 2.69. The normalized spacial score (nSPS) is 16.6. The number of carbonyl (C=O) groups excluding carboxylic acids is 2. The number of nitrogens with two attached hydrogens (primary N) is 1. The molecule has 132 valence electrons. The summed E-state index contributed by atoms with van der Waals surface area (Å²) in [5.74, 6) is -0.217. The molecule has 0 radical (unpaired) electrons. The smallest absolute Gasteiger partial charge is 0.312 e. The molecule has 0 saturated carbocycles. The van der Waals surface area contributed by atoms with E-state index in [1.54, 1.807) is 41.3 Å². The van der Waals surface area contributed by atoms with Crippen LogP contribution in [0.15, 0.2) is 36.7 Å². The first-order valence-electron chi connectivity index (χ1n) is 8.18. The van der Waals surface area contributed by atoms with Crippen LogP contribution in [-0.4, -0.2) is 34.4 Å². The molecule has 0 spiro atoms. The van der Waals surface area contributed by atoms with Gasteiger partial charge in [-0.3, -0.25) is 9.48 Å². The van der Waals surface area contributed by atoms with Crippen LogP contribution >= 0.6 is 0 Å². The summed E-state index contributed by atoms with van der Waals surface area (Å²) in [7, 11) is 0. The molecular formula is C17H21N5O3. The third-order valence-corrected chi connectivity index (χ3v) is 3.99. The van der Waals surface area contributed by atoms with Crippen molar-refractivity contribution in [2.75, 3.05) is 11.9 Å². The highest BCUT2D eigenvalue weighted by molar-refractivity contribution is 6.04. The molecule has 1 aromatic carbocycles. The van der Waals surface area contributed by atoms with Gasteiger partial charge in [0.25, 0.3) is 5.91 Å². The number of aromatic nitrogens is 2. The quantitative estimate of drug-likeness (QED) is 0.737. The average Bonchev–Trinajstić information content (AvgIpc) is 3.26. The summed E-state index contributed by atoms with van der Waals surface area (Å²) in [6, 6.07) is 6.35. The molecule has 1 fully saturated rings. The number of urea groups is 1. The zero-order valence-electron chi connectivity index (χ0n) is 13.8. The van der Waals surface area contributed by atoms with Crippen molar-refractivity contribution >= 4 is 17.6 Å². The second-order valence-electron chi connectivity index (χ2n) is 5.95. The van der Waals surface area contributed by atoms with E-state index >= 15 is 0 Å². The predicted molar refractivity (Wildman–Crippen MR) is 92.0 cm³/mol. The number of benzene rings is 1. The number of amides is 3. The van der Waals surface area contributed by atoms with Gasteiger partial charge < -0.3 is 21.1 Å². The molecule has 1 aromatic heterocycles. The van der Waals surface area contributed by atoms with Gasteiger partial charge in [0.1, 0.15) is 0 Å². The van der Waals surface area contributed by atoms with Crippen LogP contribution in [0, 0.1) is 0 Å². The Morgan fingerprint density at radius 1 is 1.32 bits per heavy atom. The molecule has 8 nitrogen and oxygen atoms in total. The van der Waals surface area contributed by atoms with E-state index in [0.29, 0.717) is 24.3 Å². The van der Waals surface area contributed by atoms with E-state index in [1.165, 1.54) is 0 Å². The largest absolute Gasteiger partial charge is 0.376 e. The number of hydrogen-bond acceptors (Lipinski definition) is 4. The minimum Gasteiger partial charge on any atom is -0.376 e. The molecular weight excluding hydrogens is 322 g/mol. The van der Waals surface area contributed by atoms with E-state index in [1.807, 2.05) is 0 Å². The molecule has 1 atom stereocenters. The maximum absolute atomic E-state index is 12.3. The minimum absolute atomic E-state index is 0.199. The molecule has 3 amide bonds. The summed E-state index contributed by atoms with van der Waals surface area (Å²) in [6.45, 7) is 1.82. The van der Waals surface area contributed by atoms with Crippen molar-refractivity contribution < 1.29 is 14.3 Å². The Labute approximate surface area is 145 Å². The Morgan fingerprint density at radius 3 is 2.80 bits per heavy atom. The lowest BCUT2D eigenvalue weighted by molar-refractivity contribution is 0.0940. The molecule has 1 saturated heterocycles. The van der Waals surface area contributed by atoms with Crippen molar-refractivity contribution in [3.8, 4) is 0 Å². The average molecular weight is 343 g/mol. The van der Waals surface area contributed by atoms with E-state index in [0.717, 1.165) is 25.0 Å². The molecule has 4 N–H and O–H groups in total. The summed E-state index contributed by atoms with van der Waals surface area (Å²) in [5, 5.41) is 9.57. The van der Waals surface area contributed by atoms with Crippen LogP contribution < -0.4 is 16.4 Å². The van der Waals surface area contributed by atoms with Crippen molar-refractivity contribution in [1.82, 2.24) is 15.1 Å². The Balaban J connectivity index is 1.54. The zero-order valence-corrected chi connectivity index (χ0v) is 13.8. The van der Waals surface area contributed by atoms with Gasteiger partial charge in [-0.05, 0) is 30.5 Å². The van der Waals surface area contributed by atoms with Gasteiger partial charge in [-0.1, -0.05) is 12.1 Å². The second-order valence-corrected chi connectivity index (χ2v) is 5.95. The standard InChI is InChI=1S/C17H21N5O3/c18-17(24)19-8-12-3-5-13(6-4-12)16(23)21-14-9-20-22(10-14)11-15-2-1-7-25-15/h3-6,9-10,15H,1-2,7-8,11H2,(H,21,23)(H3,18,19,24). The first-order valence-corrected chi connectivity index (χ1v) is 8.18. The van der Waals surface area contributed by atoms with Crippen molar-refractivity contribution in [3.05, 3.63) is 47.8 Å². The number of ether oxygens (including phenoxy) is 1. The molecule has 1 unspecified atom stereocenters. The van der Waals surface area contributed by atoms with Gasteiger partial charge >= 0.3 is 6.03 Å². The number of primary amides is 1. The molecule has 1 aliphatic heterocycles. The van der Waals surface area contributed by atoms with Crippen LogP contribution in [0.2, 0.25) is 0 Å². The zero-order chi connectivity index (χ0) is 17.6. The van der Waals surface area contributed by atoms with Crippen LogP contribution in [0.1, 0.15) is 28.8 Å². The summed E-state index contributed by atoms with van der Waals surface area (Å²) in [6.07, 6.45) is 5.74. The molecule has 2 heterocycles. The number of anilines is 1. The summed E-state index contributed by atoms with van der Waals surface area (Å²) >= 11 is 0. The monoisotopic (exact) mass is 343 g/mol. The van der Waals surface area contributed by atoms with Crippen molar-refractivity contribution in [2.24, 2.45) is 5.73 Å². The molecule has 8 heteroatoms. The third-order valence-electron chi connectivity index (χ3n) is 3.99. The third kappa shape index (κ3) is 4.80. The van der Waals surface area contributed by atoms with Gasteiger partial charge in [-0.25, -0.2) is 4.79 Å². The molecule has 1 aliphatic rings. The first kappa shape index (κ1) is 17.0. The number of rotatable bonds is 6. The van der Waals surface area contributed by atoms with Gasteiger partial charge in [-0.2, -0.15) is 5.10 Å². The molecule has 25 heavy (non-hydrogen) atoms. The van der Waals surface area contributed by atoms with E-state index in [4.69, 9.17) is 10.5 Å². The maximum atomic E-state index is 12.3. The van der Waals surface area contributed by atoms with E-state index in [2.05, 4.69) is 15.7 Å². The lowest BCUT2D eigenvalue weighted by atomic mass is 10.1. The SMILES string of the molecule is NC(=O)NCc1ccc(C(=O)Nc2cnn(CC3CCCO3)c2)cc1. The number of nitrogens with one attached hydrogen (secondary N) is 2. The van der Waals surface area contributed by atoms with Crippen LogP contribution in [-0.2, 0) is 17.8 Å². The van der Waals surface area contributed by atoms with Gasteiger partial charge in [0.05, 0.1) is 24.5 Å². The van der Waals surface area contributed by atoms with Crippen molar-refractivity contribution in [3.63, 3.8) is 0 Å². The first-order chi connectivity index (χ1) is 12.1. The highest BCUT2D eigenvalue weighted by Gasteiger charge is 2.16. The summed E-state index contributed by atoms with van der Waals surface area (Å²) < 4.78 is 7.36. The van der Waals surface area contributed by atoms with Crippen molar-refractivity contribution in [1.29, 1.82) is 0 Å². The topological polar surface area (TPSA) is 111 Å². The van der Waals surface area contributed by atoms with E-state index in [-0.39, 0.29) is 12.0 Å². The molecule has 2 aromatic rings. The van der Waals surface area contributed by atoms with Crippen molar-refractivity contribution in [2.45, 2.75) is 32.0 Å². The Morgan fingerprint density at radius 2 is 2.12 bits per heavy atom. The van der Waals surface area contributed by atoms with Gasteiger partial charge in [0.15, 0.2) is 0 Å².